The zero-order valence-corrected chi connectivity index (χ0v) is 12.6. The van der Waals surface area contributed by atoms with E-state index in [1.807, 2.05) is 6.07 Å². The van der Waals surface area contributed by atoms with E-state index >= 15 is 0 Å². The smallest absolute Gasteiger partial charge is 0.232 e. The molecule has 1 aromatic heterocycles. The number of nitrogens with one attached hydrogen (secondary N) is 1. The van der Waals surface area contributed by atoms with Gasteiger partial charge >= 0.3 is 0 Å². The second-order valence-corrected chi connectivity index (χ2v) is 5.12. The molecule has 1 heterocycles. The van der Waals surface area contributed by atoms with Gasteiger partial charge in [0.1, 0.15) is 17.7 Å². The minimum absolute atomic E-state index is 0.133. The number of hydrogen-bond donors (Lipinski definition) is 1. The lowest BCUT2D eigenvalue weighted by molar-refractivity contribution is 0.584. The Labute approximate surface area is 137 Å². The second-order valence-electron chi connectivity index (χ2n) is 5.12. The van der Waals surface area contributed by atoms with Gasteiger partial charge < -0.3 is 9.73 Å². The van der Waals surface area contributed by atoms with Crippen molar-refractivity contribution in [1.82, 2.24) is 4.98 Å². The normalized spacial score (nSPS) is 10.4. The van der Waals surface area contributed by atoms with Crippen LogP contribution in [-0.4, -0.2) is 11.5 Å². The molecule has 24 heavy (non-hydrogen) atoms. The highest BCUT2D eigenvalue weighted by molar-refractivity contribution is 5.58. The minimum Gasteiger partial charge on any atom is -0.419 e. The van der Waals surface area contributed by atoms with Crippen LogP contribution >= 0.6 is 0 Å². The molecule has 4 nitrogen and oxygen atoms in total. The summed E-state index contributed by atoms with van der Waals surface area (Å²) < 4.78 is 31.4. The van der Waals surface area contributed by atoms with Gasteiger partial charge in [-0.2, -0.15) is 10.2 Å². The van der Waals surface area contributed by atoms with Gasteiger partial charge in [-0.15, -0.1) is 0 Å². The lowest BCUT2D eigenvalue weighted by atomic mass is 10.1. The summed E-state index contributed by atoms with van der Waals surface area (Å²) in [6, 6.07) is 13.8. The van der Waals surface area contributed by atoms with E-state index in [9.17, 15) is 8.78 Å². The van der Waals surface area contributed by atoms with Crippen LogP contribution in [0.2, 0.25) is 0 Å². The van der Waals surface area contributed by atoms with Crippen LogP contribution in [0.5, 0.6) is 0 Å². The van der Waals surface area contributed by atoms with Crippen LogP contribution in [-0.2, 0) is 6.42 Å². The average molecular weight is 325 g/mol. The monoisotopic (exact) mass is 325 g/mol. The second kappa shape index (κ2) is 6.92. The Kier molecular flexibility index (Phi) is 4.52. The zero-order chi connectivity index (χ0) is 16.9. The summed E-state index contributed by atoms with van der Waals surface area (Å²) in [5, 5.41) is 12.2. The van der Waals surface area contributed by atoms with Crippen LogP contribution in [0.3, 0.4) is 0 Å². The topological polar surface area (TPSA) is 61.9 Å². The van der Waals surface area contributed by atoms with E-state index in [2.05, 4.69) is 10.3 Å². The summed E-state index contributed by atoms with van der Waals surface area (Å²) in [6.45, 7) is 0.498. The molecular formula is C18H13F2N3O. The number of nitrogens with zero attached hydrogens (tertiary/aromatic N) is 2. The average Bonchev–Trinajstić information content (AvgIpc) is 3.00. The van der Waals surface area contributed by atoms with Crippen molar-refractivity contribution in [2.75, 3.05) is 11.9 Å². The molecule has 0 fully saturated rings. The molecule has 3 rings (SSSR count). The molecule has 0 aliphatic carbocycles. The number of oxazole rings is 1. The van der Waals surface area contributed by atoms with Crippen LogP contribution in [0.1, 0.15) is 11.3 Å². The fourth-order valence-electron chi connectivity index (χ4n) is 2.20. The van der Waals surface area contributed by atoms with Crippen molar-refractivity contribution >= 4 is 5.88 Å². The summed E-state index contributed by atoms with van der Waals surface area (Å²) in [4.78, 5) is 4.10. The van der Waals surface area contributed by atoms with Crippen LogP contribution in [0.4, 0.5) is 14.7 Å². The highest BCUT2D eigenvalue weighted by atomic mass is 19.1. The van der Waals surface area contributed by atoms with Gasteiger partial charge in [0.2, 0.25) is 17.5 Å². The number of rotatable bonds is 5. The van der Waals surface area contributed by atoms with Gasteiger partial charge in [-0.1, -0.05) is 12.1 Å². The van der Waals surface area contributed by atoms with Crippen molar-refractivity contribution in [3.8, 4) is 17.5 Å². The fraction of sp³-hybridized carbons (Fsp3) is 0.111. The van der Waals surface area contributed by atoms with Crippen molar-refractivity contribution in [3.63, 3.8) is 0 Å². The number of nitriles is 1. The SMILES string of the molecule is N#Cc1nc(-c2ccc(F)cc2)oc1NCCc1ccc(F)cc1. The van der Waals surface area contributed by atoms with Gasteiger partial charge in [-0.25, -0.2) is 8.78 Å². The standard InChI is InChI=1S/C18H13F2N3O/c19-14-5-1-12(2-6-14)9-10-22-18-16(11-21)23-17(24-18)13-3-7-15(20)8-4-13/h1-8,22H,9-10H2. The molecule has 0 aliphatic rings. The number of anilines is 1. The van der Waals surface area contributed by atoms with Crippen molar-refractivity contribution in [3.05, 3.63) is 71.4 Å². The van der Waals surface area contributed by atoms with Gasteiger partial charge in [-0.05, 0) is 48.4 Å². The van der Waals surface area contributed by atoms with Crippen molar-refractivity contribution < 1.29 is 13.2 Å². The van der Waals surface area contributed by atoms with E-state index in [1.165, 1.54) is 36.4 Å². The molecule has 0 amide bonds. The van der Waals surface area contributed by atoms with Gasteiger partial charge in [0.05, 0.1) is 0 Å². The molecule has 6 heteroatoms. The number of hydrogen-bond acceptors (Lipinski definition) is 4. The minimum atomic E-state index is -0.358. The summed E-state index contributed by atoms with van der Waals surface area (Å²) in [7, 11) is 0. The summed E-state index contributed by atoms with van der Waals surface area (Å²) in [5.74, 6) is -0.129. The molecule has 0 saturated heterocycles. The Bertz CT molecular complexity index is 865. The molecule has 0 unspecified atom stereocenters. The van der Waals surface area contributed by atoms with E-state index in [0.29, 0.717) is 18.5 Å². The Hall–Kier alpha value is -3.20. The Morgan fingerprint density at radius 2 is 1.62 bits per heavy atom. The molecule has 0 aliphatic heterocycles. The van der Waals surface area contributed by atoms with Crippen LogP contribution in [0, 0.1) is 23.0 Å². The largest absolute Gasteiger partial charge is 0.419 e. The molecule has 0 saturated carbocycles. The van der Waals surface area contributed by atoms with Gasteiger partial charge in [-0.3, -0.25) is 0 Å². The third-order valence-electron chi connectivity index (χ3n) is 3.44. The third-order valence-corrected chi connectivity index (χ3v) is 3.44. The number of halogens is 2. The van der Waals surface area contributed by atoms with E-state index in [0.717, 1.165) is 5.56 Å². The molecule has 3 aromatic rings. The molecule has 0 radical (unpaired) electrons. The van der Waals surface area contributed by atoms with Gasteiger partial charge in [0.15, 0.2) is 0 Å². The van der Waals surface area contributed by atoms with Crippen molar-refractivity contribution in [2.45, 2.75) is 6.42 Å². The number of aromatic nitrogens is 1. The van der Waals surface area contributed by atoms with Crippen molar-refractivity contribution in [2.24, 2.45) is 0 Å². The molecule has 2 aromatic carbocycles. The molecule has 0 bridgehead atoms. The quantitative estimate of drug-likeness (QED) is 0.765. The molecule has 0 spiro atoms. The molecular weight excluding hydrogens is 312 g/mol. The third kappa shape index (κ3) is 3.58. The van der Waals surface area contributed by atoms with Crippen LogP contribution < -0.4 is 5.32 Å². The van der Waals surface area contributed by atoms with Crippen LogP contribution in [0.25, 0.3) is 11.5 Å². The van der Waals surface area contributed by atoms with Gasteiger partial charge in [0.25, 0.3) is 0 Å². The number of benzene rings is 2. The first kappa shape index (κ1) is 15.7. The summed E-state index contributed by atoms with van der Waals surface area (Å²) >= 11 is 0. The maximum atomic E-state index is 13.0. The maximum absolute atomic E-state index is 13.0. The molecule has 0 atom stereocenters. The highest BCUT2D eigenvalue weighted by Crippen LogP contribution is 2.25. The zero-order valence-electron chi connectivity index (χ0n) is 12.6. The Morgan fingerprint density at radius 1 is 1.00 bits per heavy atom. The first-order valence-electron chi connectivity index (χ1n) is 7.31. The summed E-state index contributed by atoms with van der Waals surface area (Å²) in [6.07, 6.45) is 0.637. The Balaban J connectivity index is 1.70. The van der Waals surface area contributed by atoms with E-state index < -0.39 is 0 Å². The maximum Gasteiger partial charge on any atom is 0.232 e. The first-order chi connectivity index (χ1) is 11.7. The van der Waals surface area contributed by atoms with E-state index in [-0.39, 0.29) is 29.1 Å². The lowest BCUT2D eigenvalue weighted by Crippen LogP contribution is -2.05. The van der Waals surface area contributed by atoms with Gasteiger partial charge in [0, 0.05) is 12.1 Å². The molecule has 1 N–H and O–H groups in total. The first-order valence-corrected chi connectivity index (χ1v) is 7.31. The predicted molar refractivity (Wildman–Crippen MR) is 85.2 cm³/mol. The lowest BCUT2D eigenvalue weighted by Gasteiger charge is -2.03. The molecule has 120 valence electrons. The van der Waals surface area contributed by atoms with Crippen molar-refractivity contribution in [1.29, 1.82) is 5.26 Å². The van der Waals surface area contributed by atoms with Crippen LogP contribution in [0.15, 0.2) is 52.9 Å². The Morgan fingerprint density at radius 3 is 2.25 bits per heavy atom. The predicted octanol–water partition coefficient (Wildman–Crippen LogP) is 4.15. The fourth-order valence-corrected chi connectivity index (χ4v) is 2.20. The highest BCUT2D eigenvalue weighted by Gasteiger charge is 2.14. The van der Waals surface area contributed by atoms with E-state index in [1.54, 1.807) is 12.1 Å². The van der Waals surface area contributed by atoms with E-state index in [4.69, 9.17) is 9.68 Å². The summed E-state index contributed by atoms with van der Waals surface area (Å²) in [5.41, 5.74) is 1.67.